The van der Waals surface area contributed by atoms with Crippen LogP contribution in [0.1, 0.15) is 20.8 Å². The van der Waals surface area contributed by atoms with E-state index < -0.39 is 0 Å². The van der Waals surface area contributed by atoms with Crippen molar-refractivity contribution in [1.82, 2.24) is 5.32 Å². The number of hydrogen-bond donors (Lipinski definition) is 1. The Hall–Kier alpha value is -1.52. The number of nitrogens with one attached hydrogen (secondary N) is 1. The first-order valence-corrected chi connectivity index (χ1v) is 7.55. The number of hydrogen-bond acceptors (Lipinski definition) is 3. The molecular formula is C15H16ClNO2S. The molecule has 0 saturated carbocycles. The summed E-state index contributed by atoms with van der Waals surface area (Å²) in [5, 5.41) is 5.46. The largest absolute Gasteiger partial charge is 0.492 e. The van der Waals surface area contributed by atoms with Gasteiger partial charge < -0.3 is 10.1 Å². The maximum absolute atomic E-state index is 11.7. The molecule has 2 rings (SSSR count). The van der Waals surface area contributed by atoms with Gasteiger partial charge in [0, 0.05) is 5.02 Å². The lowest BCUT2D eigenvalue weighted by Crippen LogP contribution is -2.27. The molecule has 0 saturated heterocycles. The normalized spacial score (nSPS) is 10.3. The van der Waals surface area contributed by atoms with Crippen molar-refractivity contribution in [3.63, 3.8) is 0 Å². The molecule has 0 spiro atoms. The quantitative estimate of drug-likeness (QED) is 0.853. The third-order valence-corrected chi connectivity index (χ3v) is 4.28. The predicted octanol–water partition coefficient (Wildman–Crippen LogP) is 3.83. The van der Waals surface area contributed by atoms with E-state index in [0.717, 1.165) is 21.9 Å². The maximum atomic E-state index is 11.7. The van der Waals surface area contributed by atoms with Crippen molar-refractivity contribution in [3.8, 4) is 5.75 Å². The number of carbonyl (C=O) groups excluding carboxylic acids is 1. The van der Waals surface area contributed by atoms with Gasteiger partial charge in [0.2, 0.25) is 0 Å². The molecular weight excluding hydrogens is 294 g/mol. The number of thiophene rings is 1. The first-order chi connectivity index (χ1) is 9.58. The zero-order chi connectivity index (χ0) is 14.5. The summed E-state index contributed by atoms with van der Waals surface area (Å²) in [7, 11) is 0. The van der Waals surface area contributed by atoms with Gasteiger partial charge in [0.25, 0.3) is 5.91 Å². The number of aryl methyl sites for hydroxylation is 2. The molecule has 2 aromatic rings. The molecule has 0 unspecified atom stereocenters. The molecule has 0 bridgehead atoms. The van der Waals surface area contributed by atoms with E-state index in [0.29, 0.717) is 18.0 Å². The van der Waals surface area contributed by atoms with E-state index in [2.05, 4.69) is 5.32 Å². The molecule has 0 radical (unpaired) electrons. The van der Waals surface area contributed by atoms with Gasteiger partial charge in [-0.25, -0.2) is 0 Å². The molecule has 3 nitrogen and oxygen atoms in total. The van der Waals surface area contributed by atoms with E-state index in [1.807, 2.05) is 37.4 Å². The van der Waals surface area contributed by atoms with E-state index in [9.17, 15) is 4.79 Å². The van der Waals surface area contributed by atoms with E-state index in [-0.39, 0.29) is 5.91 Å². The highest BCUT2D eigenvalue weighted by Gasteiger charge is 2.06. The van der Waals surface area contributed by atoms with Crippen molar-refractivity contribution in [3.05, 3.63) is 50.7 Å². The SMILES string of the molecule is Cc1cc(OCCNC(=O)c2cccs2)cc(C)c1Cl. The Labute approximate surface area is 127 Å². The van der Waals surface area contributed by atoms with Crippen molar-refractivity contribution in [1.29, 1.82) is 0 Å². The topological polar surface area (TPSA) is 38.3 Å². The zero-order valence-electron chi connectivity index (χ0n) is 11.4. The second-order valence-electron chi connectivity index (χ2n) is 4.45. The van der Waals surface area contributed by atoms with Crippen LogP contribution in [0.3, 0.4) is 0 Å². The van der Waals surface area contributed by atoms with Crippen LogP contribution in [0, 0.1) is 13.8 Å². The van der Waals surface area contributed by atoms with E-state index in [4.69, 9.17) is 16.3 Å². The summed E-state index contributed by atoms with van der Waals surface area (Å²) in [6.07, 6.45) is 0. The molecule has 0 aliphatic heterocycles. The molecule has 20 heavy (non-hydrogen) atoms. The summed E-state index contributed by atoms with van der Waals surface area (Å²) in [6, 6.07) is 7.45. The minimum absolute atomic E-state index is 0.0629. The first-order valence-electron chi connectivity index (χ1n) is 6.29. The minimum atomic E-state index is -0.0629. The highest BCUT2D eigenvalue weighted by atomic mass is 35.5. The third kappa shape index (κ3) is 3.74. The fourth-order valence-electron chi connectivity index (χ4n) is 1.82. The Morgan fingerprint density at radius 2 is 2.05 bits per heavy atom. The van der Waals surface area contributed by atoms with Crippen molar-refractivity contribution >= 4 is 28.8 Å². The Morgan fingerprint density at radius 3 is 2.65 bits per heavy atom. The van der Waals surface area contributed by atoms with E-state index in [1.54, 1.807) is 6.07 Å². The van der Waals surface area contributed by atoms with Gasteiger partial charge in [-0.15, -0.1) is 11.3 Å². The van der Waals surface area contributed by atoms with Gasteiger partial charge in [0.15, 0.2) is 0 Å². The molecule has 0 fully saturated rings. The van der Waals surface area contributed by atoms with E-state index >= 15 is 0 Å². The van der Waals surface area contributed by atoms with Gasteiger partial charge in [0.05, 0.1) is 11.4 Å². The number of rotatable bonds is 5. The van der Waals surface area contributed by atoms with Crippen molar-refractivity contribution in [2.24, 2.45) is 0 Å². The molecule has 5 heteroatoms. The van der Waals surface area contributed by atoms with Crippen LogP contribution in [0.15, 0.2) is 29.6 Å². The fourth-order valence-corrected chi connectivity index (χ4v) is 2.57. The average Bonchev–Trinajstić information content (AvgIpc) is 2.94. The summed E-state index contributed by atoms with van der Waals surface area (Å²) in [6.45, 7) is 4.79. The summed E-state index contributed by atoms with van der Waals surface area (Å²) in [5.74, 6) is 0.710. The van der Waals surface area contributed by atoms with Crippen LogP contribution < -0.4 is 10.1 Å². The lowest BCUT2D eigenvalue weighted by molar-refractivity contribution is 0.0951. The van der Waals surface area contributed by atoms with Crippen LogP contribution in [0.25, 0.3) is 0 Å². The number of benzene rings is 1. The molecule has 1 heterocycles. The maximum Gasteiger partial charge on any atom is 0.261 e. The van der Waals surface area contributed by atoms with Crippen molar-refractivity contribution in [2.45, 2.75) is 13.8 Å². The lowest BCUT2D eigenvalue weighted by atomic mass is 10.1. The second kappa shape index (κ2) is 6.77. The molecule has 0 aliphatic carbocycles. The number of ether oxygens (including phenoxy) is 1. The smallest absolute Gasteiger partial charge is 0.261 e. The number of carbonyl (C=O) groups is 1. The Balaban J connectivity index is 1.80. The molecule has 0 aliphatic rings. The molecule has 1 amide bonds. The first kappa shape index (κ1) is 14.9. The van der Waals surface area contributed by atoms with E-state index in [1.165, 1.54) is 11.3 Å². The van der Waals surface area contributed by atoms with Crippen LogP contribution in [-0.4, -0.2) is 19.1 Å². The van der Waals surface area contributed by atoms with Gasteiger partial charge in [-0.1, -0.05) is 17.7 Å². The second-order valence-corrected chi connectivity index (χ2v) is 5.78. The van der Waals surface area contributed by atoms with Gasteiger partial charge in [0.1, 0.15) is 12.4 Å². The fraction of sp³-hybridized carbons (Fsp3) is 0.267. The zero-order valence-corrected chi connectivity index (χ0v) is 13.0. The van der Waals surface area contributed by atoms with Gasteiger partial charge in [-0.3, -0.25) is 4.79 Å². The average molecular weight is 310 g/mol. The third-order valence-electron chi connectivity index (χ3n) is 2.81. The molecule has 1 N–H and O–H groups in total. The Kier molecular flexibility index (Phi) is 5.04. The summed E-state index contributed by atoms with van der Waals surface area (Å²) in [4.78, 5) is 12.4. The van der Waals surface area contributed by atoms with Crippen LogP contribution in [0.5, 0.6) is 5.75 Å². The van der Waals surface area contributed by atoms with Gasteiger partial charge >= 0.3 is 0 Å². The highest BCUT2D eigenvalue weighted by molar-refractivity contribution is 7.12. The van der Waals surface area contributed by atoms with Crippen LogP contribution in [-0.2, 0) is 0 Å². The lowest BCUT2D eigenvalue weighted by Gasteiger charge is -2.10. The van der Waals surface area contributed by atoms with Crippen molar-refractivity contribution in [2.75, 3.05) is 13.2 Å². The minimum Gasteiger partial charge on any atom is -0.492 e. The molecule has 1 aromatic carbocycles. The van der Waals surface area contributed by atoms with Crippen LogP contribution in [0.2, 0.25) is 5.02 Å². The predicted molar refractivity (Wildman–Crippen MR) is 83.1 cm³/mol. The summed E-state index contributed by atoms with van der Waals surface area (Å²) < 4.78 is 5.62. The highest BCUT2D eigenvalue weighted by Crippen LogP contribution is 2.25. The van der Waals surface area contributed by atoms with Crippen LogP contribution >= 0.6 is 22.9 Å². The van der Waals surface area contributed by atoms with Crippen molar-refractivity contribution < 1.29 is 9.53 Å². The molecule has 0 atom stereocenters. The molecule has 106 valence electrons. The van der Waals surface area contributed by atoms with Gasteiger partial charge in [-0.05, 0) is 48.6 Å². The summed E-state index contributed by atoms with van der Waals surface area (Å²) in [5.41, 5.74) is 1.98. The monoisotopic (exact) mass is 309 g/mol. The Bertz CT molecular complexity index is 573. The molecule has 1 aromatic heterocycles. The van der Waals surface area contributed by atoms with Gasteiger partial charge in [-0.2, -0.15) is 0 Å². The number of amides is 1. The Morgan fingerprint density at radius 1 is 1.35 bits per heavy atom. The number of halogens is 1. The summed E-state index contributed by atoms with van der Waals surface area (Å²) >= 11 is 7.52. The van der Waals surface area contributed by atoms with Crippen LogP contribution in [0.4, 0.5) is 0 Å². The standard InChI is InChI=1S/C15H16ClNO2S/c1-10-8-12(9-11(2)14(10)16)19-6-5-17-15(18)13-4-3-7-20-13/h3-4,7-9H,5-6H2,1-2H3,(H,17,18).